The number of ether oxygens (including phenoxy) is 1. The predicted molar refractivity (Wildman–Crippen MR) is 120 cm³/mol. The van der Waals surface area contributed by atoms with Crippen molar-refractivity contribution >= 4 is 69.4 Å². The fraction of sp³-hybridized carbons (Fsp3) is 0.0500. The van der Waals surface area contributed by atoms with Crippen molar-refractivity contribution in [2.75, 3.05) is 17.7 Å². The van der Waals surface area contributed by atoms with E-state index < -0.39 is 18.5 Å². The van der Waals surface area contributed by atoms with E-state index in [1.807, 2.05) is 30.3 Å². The summed E-state index contributed by atoms with van der Waals surface area (Å²) in [4.78, 5) is 27.9. The van der Waals surface area contributed by atoms with Crippen LogP contribution in [0.25, 0.3) is 0 Å². The minimum Gasteiger partial charge on any atom is -0.451 e. The number of nitrogens with zero attached hydrogens (tertiary/aromatic N) is 3. The number of aromatic nitrogens is 1. The van der Waals surface area contributed by atoms with E-state index in [0.717, 1.165) is 5.69 Å². The molecule has 0 saturated carbocycles. The Hall–Kier alpha value is -3.20. The lowest BCUT2D eigenvalue weighted by molar-refractivity contribution is -0.119. The Morgan fingerprint density at radius 3 is 2.19 bits per heavy atom. The molecule has 8 nitrogen and oxygen atoms in total. The van der Waals surface area contributed by atoms with Crippen molar-refractivity contribution in [3.63, 3.8) is 0 Å². The molecular weight excluding hydrogens is 465 g/mol. The molecule has 2 aromatic carbocycles. The number of azo groups is 1. The number of halogens is 3. The van der Waals surface area contributed by atoms with E-state index in [2.05, 4.69) is 20.5 Å². The van der Waals surface area contributed by atoms with E-state index in [1.165, 1.54) is 0 Å². The Balaban J connectivity index is 1.55. The second kappa shape index (κ2) is 10.2. The molecule has 11 heteroatoms. The highest BCUT2D eigenvalue weighted by molar-refractivity contribution is 6.46. The van der Waals surface area contributed by atoms with Gasteiger partial charge in [0.25, 0.3) is 5.91 Å². The number of pyridine rings is 1. The zero-order valence-electron chi connectivity index (χ0n) is 15.7. The first-order chi connectivity index (χ1) is 14.8. The third kappa shape index (κ3) is 5.91. The average molecular weight is 479 g/mol. The molecule has 31 heavy (non-hydrogen) atoms. The van der Waals surface area contributed by atoms with Crippen molar-refractivity contribution in [2.24, 2.45) is 10.2 Å². The maximum atomic E-state index is 12.1. The molecule has 0 bridgehead atoms. The number of nitrogen functional groups attached to an aromatic ring is 1. The maximum absolute atomic E-state index is 12.1. The van der Waals surface area contributed by atoms with Crippen molar-refractivity contribution in [3.8, 4) is 0 Å². The lowest BCUT2D eigenvalue weighted by Gasteiger charge is -2.09. The van der Waals surface area contributed by atoms with Gasteiger partial charge < -0.3 is 15.8 Å². The van der Waals surface area contributed by atoms with Gasteiger partial charge in [-0.1, -0.05) is 53.0 Å². The van der Waals surface area contributed by atoms with E-state index in [-0.39, 0.29) is 26.6 Å². The Kier molecular flexibility index (Phi) is 7.41. The van der Waals surface area contributed by atoms with Gasteiger partial charge in [0.2, 0.25) is 0 Å². The van der Waals surface area contributed by atoms with Crippen LogP contribution in [0.5, 0.6) is 0 Å². The predicted octanol–water partition coefficient (Wildman–Crippen LogP) is 5.83. The van der Waals surface area contributed by atoms with E-state index >= 15 is 0 Å². The number of anilines is 2. The first-order valence-electron chi connectivity index (χ1n) is 8.69. The van der Waals surface area contributed by atoms with Crippen LogP contribution in [0.15, 0.2) is 64.8 Å². The highest BCUT2D eigenvalue weighted by atomic mass is 35.5. The van der Waals surface area contributed by atoms with Gasteiger partial charge in [-0.2, -0.15) is 10.2 Å². The monoisotopic (exact) mass is 477 g/mol. The SMILES string of the molecule is Nc1c(Cl)c(Cl)nc(C(=O)OCC(=O)Nc2ccc(N=Nc3ccccc3)cc2)c1Cl. The van der Waals surface area contributed by atoms with Crippen molar-refractivity contribution in [2.45, 2.75) is 0 Å². The third-order valence-electron chi connectivity index (χ3n) is 3.79. The van der Waals surface area contributed by atoms with Gasteiger partial charge >= 0.3 is 5.97 Å². The van der Waals surface area contributed by atoms with Crippen LogP contribution in [-0.2, 0) is 9.53 Å². The van der Waals surface area contributed by atoms with Crippen molar-refractivity contribution in [3.05, 3.63) is 75.5 Å². The van der Waals surface area contributed by atoms with Gasteiger partial charge in [0.1, 0.15) is 5.02 Å². The normalized spacial score (nSPS) is 10.8. The van der Waals surface area contributed by atoms with Gasteiger partial charge in [-0.3, -0.25) is 4.79 Å². The number of hydrogen-bond donors (Lipinski definition) is 2. The number of benzene rings is 2. The number of carbonyl (C=O) groups is 2. The summed E-state index contributed by atoms with van der Waals surface area (Å²) in [6.45, 7) is -0.577. The molecule has 3 N–H and O–H groups in total. The summed E-state index contributed by atoms with van der Waals surface area (Å²) in [5.41, 5.74) is 7.02. The summed E-state index contributed by atoms with van der Waals surface area (Å²) in [6, 6.07) is 15.9. The van der Waals surface area contributed by atoms with Crippen LogP contribution in [0, 0.1) is 0 Å². The Labute approximate surface area is 192 Å². The first kappa shape index (κ1) is 22.5. The number of nitrogens with one attached hydrogen (secondary N) is 1. The molecule has 1 aromatic heterocycles. The standard InChI is InChI=1S/C20H14Cl3N5O3/c21-15-17(24)16(22)19(23)26-18(15)20(30)31-10-14(29)25-11-6-8-13(9-7-11)28-27-12-4-2-1-3-5-12/h1-9H,10H2,(H2,24,26)(H,25,29). The Morgan fingerprint density at radius 2 is 1.55 bits per heavy atom. The van der Waals surface area contributed by atoms with Crippen LogP contribution >= 0.6 is 34.8 Å². The molecular formula is C20H14Cl3N5O3. The van der Waals surface area contributed by atoms with Crippen molar-refractivity contribution in [1.82, 2.24) is 4.98 Å². The lowest BCUT2D eigenvalue weighted by Crippen LogP contribution is -2.21. The molecule has 1 heterocycles. The van der Waals surface area contributed by atoms with Crippen LogP contribution in [0.3, 0.4) is 0 Å². The van der Waals surface area contributed by atoms with Gasteiger partial charge in [-0.05, 0) is 36.4 Å². The van der Waals surface area contributed by atoms with Gasteiger partial charge in [-0.25, -0.2) is 9.78 Å². The second-order valence-corrected chi connectivity index (χ2v) is 7.11. The minimum absolute atomic E-state index is 0.0762. The van der Waals surface area contributed by atoms with E-state index in [4.69, 9.17) is 45.3 Å². The molecule has 1 amide bonds. The van der Waals surface area contributed by atoms with Crippen LogP contribution < -0.4 is 11.1 Å². The Morgan fingerprint density at radius 1 is 0.935 bits per heavy atom. The molecule has 3 aromatic rings. The van der Waals surface area contributed by atoms with Gasteiger partial charge in [0.15, 0.2) is 17.5 Å². The van der Waals surface area contributed by atoms with Gasteiger partial charge in [-0.15, -0.1) is 0 Å². The van der Waals surface area contributed by atoms with E-state index in [0.29, 0.717) is 11.4 Å². The third-order valence-corrected chi connectivity index (χ3v) is 4.92. The van der Waals surface area contributed by atoms with Gasteiger partial charge in [0.05, 0.1) is 22.1 Å². The number of nitrogens with two attached hydrogens (primary N) is 1. The average Bonchev–Trinajstić information content (AvgIpc) is 2.78. The summed E-state index contributed by atoms with van der Waals surface area (Å²) in [7, 11) is 0. The highest BCUT2D eigenvalue weighted by Crippen LogP contribution is 2.34. The molecule has 0 saturated heterocycles. The molecule has 3 rings (SSSR count). The molecule has 0 fully saturated rings. The summed E-state index contributed by atoms with van der Waals surface area (Å²) in [6.07, 6.45) is 0. The fourth-order valence-corrected chi connectivity index (χ4v) is 2.87. The molecule has 158 valence electrons. The number of rotatable bonds is 6. The minimum atomic E-state index is -0.970. The number of carbonyl (C=O) groups excluding carboxylic acids is 2. The second-order valence-electron chi connectivity index (χ2n) is 6.00. The first-order valence-corrected chi connectivity index (χ1v) is 9.82. The summed E-state index contributed by atoms with van der Waals surface area (Å²) >= 11 is 17.5. The number of esters is 1. The molecule has 0 aliphatic rings. The quantitative estimate of drug-likeness (QED) is 0.262. The molecule has 0 aliphatic heterocycles. The largest absolute Gasteiger partial charge is 0.451 e. The van der Waals surface area contributed by atoms with Crippen LogP contribution in [0.4, 0.5) is 22.7 Å². The van der Waals surface area contributed by atoms with Gasteiger partial charge in [0, 0.05) is 5.69 Å². The highest BCUT2D eigenvalue weighted by Gasteiger charge is 2.21. The zero-order valence-corrected chi connectivity index (χ0v) is 17.9. The van der Waals surface area contributed by atoms with Crippen molar-refractivity contribution < 1.29 is 14.3 Å². The summed E-state index contributed by atoms with van der Waals surface area (Å²) < 4.78 is 4.92. The van der Waals surface area contributed by atoms with Crippen LogP contribution in [0.2, 0.25) is 15.2 Å². The summed E-state index contributed by atoms with van der Waals surface area (Å²) in [5.74, 6) is -1.54. The number of hydrogen-bond acceptors (Lipinski definition) is 7. The maximum Gasteiger partial charge on any atom is 0.359 e. The molecule has 0 unspecified atom stereocenters. The molecule has 0 spiro atoms. The lowest BCUT2D eigenvalue weighted by atomic mass is 10.3. The molecule has 0 atom stereocenters. The van der Waals surface area contributed by atoms with Crippen molar-refractivity contribution in [1.29, 1.82) is 0 Å². The van der Waals surface area contributed by atoms with Crippen LogP contribution in [-0.4, -0.2) is 23.5 Å². The molecule has 0 radical (unpaired) electrons. The van der Waals surface area contributed by atoms with E-state index in [9.17, 15) is 9.59 Å². The smallest absolute Gasteiger partial charge is 0.359 e. The van der Waals surface area contributed by atoms with E-state index in [1.54, 1.807) is 24.3 Å². The topological polar surface area (TPSA) is 119 Å². The Bertz CT molecular complexity index is 1140. The number of amides is 1. The molecule has 0 aliphatic carbocycles. The summed E-state index contributed by atoms with van der Waals surface area (Å²) in [5, 5.41) is 10.3. The van der Waals surface area contributed by atoms with Crippen LogP contribution in [0.1, 0.15) is 10.5 Å². The fourth-order valence-electron chi connectivity index (χ4n) is 2.28. The zero-order chi connectivity index (χ0) is 22.4.